The number of rotatable bonds is 2. The molecular formula is C24H24BrN3OS. The van der Waals surface area contributed by atoms with E-state index in [1.54, 1.807) is 11.3 Å². The summed E-state index contributed by atoms with van der Waals surface area (Å²) in [6.07, 6.45) is 1.19. The molecule has 1 aromatic heterocycles. The van der Waals surface area contributed by atoms with Crippen LogP contribution >= 0.6 is 27.3 Å². The molecule has 0 spiro atoms. The van der Waals surface area contributed by atoms with Gasteiger partial charge in [0.15, 0.2) is 5.78 Å². The standard InChI is InChI=1S/C24H24BrN3OS/c1-13-5-7-15(8-6-13)28-18-10-24(3,4)11-19(29)22(18)21(16(12-26)23(28)27)20-9-17(25)14(2)30-20/h5-9,21H,10-11,27H2,1-4H3. The van der Waals surface area contributed by atoms with Crippen molar-refractivity contribution in [1.82, 2.24) is 0 Å². The normalized spacial score (nSPS) is 21.0. The maximum absolute atomic E-state index is 13.5. The number of benzene rings is 1. The predicted octanol–water partition coefficient (Wildman–Crippen LogP) is 6.07. The Bertz CT molecular complexity index is 1130. The minimum atomic E-state index is -0.412. The Morgan fingerprint density at radius 1 is 1.23 bits per heavy atom. The molecule has 4 nitrogen and oxygen atoms in total. The molecular weight excluding hydrogens is 458 g/mol. The predicted molar refractivity (Wildman–Crippen MR) is 125 cm³/mol. The maximum atomic E-state index is 13.5. The number of halogens is 1. The van der Waals surface area contributed by atoms with Gasteiger partial charge in [-0.3, -0.25) is 9.69 Å². The number of hydrogen-bond donors (Lipinski definition) is 1. The van der Waals surface area contributed by atoms with Gasteiger partial charge in [0.1, 0.15) is 5.82 Å². The number of ketones is 1. The van der Waals surface area contributed by atoms with E-state index in [-0.39, 0.29) is 11.2 Å². The van der Waals surface area contributed by atoms with Gasteiger partial charge in [0.05, 0.1) is 17.6 Å². The SMILES string of the molecule is Cc1ccc(N2C(N)=C(C#N)C(c3cc(Br)c(C)s3)C3=C2CC(C)(C)CC3=O)cc1. The van der Waals surface area contributed by atoms with Crippen LogP contribution in [0.4, 0.5) is 5.69 Å². The van der Waals surface area contributed by atoms with Gasteiger partial charge in [-0.2, -0.15) is 5.26 Å². The highest BCUT2D eigenvalue weighted by Crippen LogP contribution is 2.51. The lowest BCUT2D eigenvalue weighted by molar-refractivity contribution is -0.118. The van der Waals surface area contributed by atoms with Crippen LogP contribution in [0.1, 0.15) is 47.9 Å². The number of nitriles is 1. The number of hydrogen-bond acceptors (Lipinski definition) is 5. The van der Waals surface area contributed by atoms with Crippen molar-refractivity contribution in [3.05, 3.63) is 72.8 Å². The van der Waals surface area contributed by atoms with Crippen LogP contribution in [0.25, 0.3) is 0 Å². The molecule has 0 saturated carbocycles. The van der Waals surface area contributed by atoms with Crippen LogP contribution in [-0.2, 0) is 4.79 Å². The first-order valence-electron chi connectivity index (χ1n) is 9.91. The first-order valence-corrected chi connectivity index (χ1v) is 11.5. The molecule has 2 N–H and O–H groups in total. The number of aryl methyl sites for hydroxylation is 2. The molecule has 1 aromatic carbocycles. The second-order valence-electron chi connectivity index (χ2n) is 8.87. The Balaban J connectivity index is 2.00. The quantitative estimate of drug-likeness (QED) is 0.564. The highest BCUT2D eigenvalue weighted by molar-refractivity contribution is 9.10. The third-order valence-electron chi connectivity index (χ3n) is 5.83. The number of nitrogens with zero attached hydrogens (tertiary/aromatic N) is 2. The van der Waals surface area contributed by atoms with Crippen LogP contribution in [-0.4, -0.2) is 5.78 Å². The molecule has 1 unspecified atom stereocenters. The number of allylic oxidation sites excluding steroid dienone is 3. The van der Waals surface area contributed by atoms with E-state index in [0.717, 1.165) is 43.2 Å². The Morgan fingerprint density at radius 2 is 1.90 bits per heavy atom. The average molecular weight is 482 g/mol. The monoisotopic (exact) mass is 481 g/mol. The fourth-order valence-electron chi connectivity index (χ4n) is 4.41. The maximum Gasteiger partial charge on any atom is 0.162 e. The molecule has 0 bridgehead atoms. The lowest BCUT2D eigenvalue weighted by Gasteiger charge is -2.43. The van der Waals surface area contributed by atoms with E-state index in [1.807, 2.05) is 49.1 Å². The van der Waals surface area contributed by atoms with Gasteiger partial charge in [-0.15, -0.1) is 11.3 Å². The van der Waals surface area contributed by atoms with Crippen LogP contribution < -0.4 is 10.6 Å². The third kappa shape index (κ3) is 3.40. The van der Waals surface area contributed by atoms with E-state index in [1.165, 1.54) is 0 Å². The lowest BCUT2D eigenvalue weighted by atomic mass is 9.69. The summed E-state index contributed by atoms with van der Waals surface area (Å²) in [6.45, 7) is 8.29. The summed E-state index contributed by atoms with van der Waals surface area (Å²) in [6, 6.07) is 12.4. The molecule has 2 heterocycles. The number of carbonyl (C=O) groups excluding carboxylic acids is 1. The molecule has 0 radical (unpaired) electrons. The van der Waals surface area contributed by atoms with Gasteiger partial charge in [-0.1, -0.05) is 31.5 Å². The van der Waals surface area contributed by atoms with E-state index < -0.39 is 5.92 Å². The summed E-state index contributed by atoms with van der Waals surface area (Å²) < 4.78 is 0.991. The Labute approximate surface area is 189 Å². The van der Waals surface area contributed by atoms with Gasteiger partial charge in [0.2, 0.25) is 0 Å². The molecule has 2 aromatic rings. The first-order chi connectivity index (χ1) is 14.1. The van der Waals surface area contributed by atoms with E-state index >= 15 is 0 Å². The van der Waals surface area contributed by atoms with Crippen molar-refractivity contribution in [2.45, 2.75) is 46.5 Å². The largest absolute Gasteiger partial charge is 0.384 e. The topological polar surface area (TPSA) is 70.1 Å². The lowest BCUT2D eigenvalue weighted by Crippen LogP contribution is -2.42. The fraction of sp³-hybridized carbons (Fsp3) is 0.333. The Kier molecular flexibility index (Phi) is 5.16. The zero-order valence-electron chi connectivity index (χ0n) is 17.5. The van der Waals surface area contributed by atoms with Crippen molar-refractivity contribution in [3.63, 3.8) is 0 Å². The van der Waals surface area contributed by atoms with Crippen LogP contribution in [0, 0.1) is 30.6 Å². The highest BCUT2D eigenvalue weighted by atomic mass is 79.9. The summed E-state index contributed by atoms with van der Waals surface area (Å²) >= 11 is 5.19. The van der Waals surface area contributed by atoms with Gasteiger partial charge in [0.25, 0.3) is 0 Å². The Morgan fingerprint density at radius 3 is 2.47 bits per heavy atom. The number of carbonyl (C=O) groups is 1. The molecule has 30 heavy (non-hydrogen) atoms. The van der Waals surface area contributed by atoms with Crippen molar-refractivity contribution >= 4 is 38.7 Å². The third-order valence-corrected chi connectivity index (χ3v) is 8.04. The van der Waals surface area contributed by atoms with E-state index in [0.29, 0.717) is 17.8 Å². The second-order valence-corrected chi connectivity index (χ2v) is 11.0. The molecule has 154 valence electrons. The number of thiophene rings is 1. The second kappa shape index (κ2) is 7.40. The van der Waals surface area contributed by atoms with Crippen molar-refractivity contribution in [2.75, 3.05) is 4.90 Å². The molecule has 4 rings (SSSR count). The van der Waals surface area contributed by atoms with Crippen molar-refractivity contribution in [3.8, 4) is 6.07 Å². The average Bonchev–Trinajstić information content (AvgIpc) is 2.99. The molecule has 1 atom stereocenters. The Hall–Kier alpha value is -2.36. The van der Waals surface area contributed by atoms with E-state index in [2.05, 4.69) is 35.8 Å². The number of nitrogens with two attached hydrogens (primary N) is 1. The molecule has 0 saturated heterocycles. The molecule has 2 aliphatic rings. The van der Waals surface area contributed by atoms with Crippen LogP contribution in [0.5, 0.6) is 0 Å². The van der Waals surface area contributed by atoms with Crippen molar-refractivity contribution in [2.24, 2.45) is 11.1 Å². The summed E-state index contributed by atoms with van der Waals surface area (Å²) in [5, 5.41) is 10.1. The highest BCUT2D eigenvalue weighted by Gasteiger charge is 2.45. The first kappa shape index (κ1) is 20.9. The number of anilines is 1. The van der Waals surface area contributed by atoms with Gasteiger partial charge in [-0.05, 0) is 59.8 Å². The van der Waals surface area contributed by atoms with Crippen LogP contribution in [0.3, 0.4) is 0 Å². The molecule has 6 heteroatoms. The zero-order valence-corrected chi connectivity index (χ0v) is 19.9. The number of Topliss-reactive ketones (excluding diaryl/α,β-unsaturated/α-hetero) is 1. The molecule has 0 fully saturated rings. The van der Waals surface area contributed by atoms with Crippen molar-refractivity contribution in [1.29, 1.82) is 5.26 Å². The van der Waals surface area contributed by atoms with Gasteiger partial charge in [0, 0.05) is 37.6 Å². The van der Waals surface area contributed by atoms with Gasteiger partial charge < -0.3 is 5.73 Å². The van der Waals surface area contributed by atoms with Crippen LogP contribution in [0.2, 0.25) is 0 Å². The molecule has 1 aliphatic carbocycles. The van der Waals surface area contributed by atoms with E-state index in [4.69, 9.17) is 5.73 Å². The van der Waals surface area contributed by atoms with Crippen LogP contribution in [0.15, 0.2) is 57.5 Å². The summed E-state index contributed by atoms with van der Waals surface area (Å²) in [4.78, 5) is 17.5. The summed E-state index contributed by atoms with van der Waals surface area (Å²) in [5.74, 6) is 0.105. The molecule has 1 aliphatic heterocycles. The summed E-state index contributed by atoms with van der Waals surface area (Å²) in [7, 11) is 0. The van der Waals surface area contributed by atoms with E-state index in [9.17, 15) is 10.1 Å². The zero-order chi connectivity index (χ0) is 21.8. The van der Waals surface area contributed by atoms with Gasteiger partial charge in [-0.25, -0.2) is 0 Å². The minimum Gasteiger partial charge on any atom is -0.384 e. The minimum absolute atomic E-state index is 0.103. The molecule has 0 amide bonds. The fourth-order valence-corrected chi connectivity index (χ4v) is 6.09. The summed E-state index contributed by atoms with van der Waals surface area (Å²) in [5.41, 5.74) is 10.6. The van der Waals surface area contributed by atoms with Crippen molar-refractivity contribution < 1.29 is 4.79 Å². The smallest absolute Gasteiger partial charge is 0.162 e. The van der Waals surface area contributed by atoms with Gasteiger partial charge >= 0.3 is 0 Å².